The smallest absolute Gasteiger partial charge is 0.277 e. The van der Waals surface area contributed by atoms with Crippen LogP contribution in [0.15, 0.2) is 60.3 Å². The predicted molar refractivity (Wildman–Crippen MR) is 87.8 cm³/mol. The molecule has 1 aliphatic heterocycles. The molecule has 2 aromatic carbocycles. The van der Waals surface area contributed by atoms with Crippen LogP contribution in [0.4, 0.5) is 5.69 Å². The number of carbonyl (C=O) groups excluding carboxylic acids is 2. The van der Waals surface area contributed by atoms with E-state index in [1.165, 1.54) is 7.05 Å². The second-order valence-electron chi connectivity index (χ2n) is 5.14. The van der Waals surface area contributed by atoms with Crippen molar-refractivity contribution in [2.24, 2.45) is 0 Å². The summed E-state index contributed by atoms with van der Waals surface area (Å²) < 4.78 is 5.18. The molecule has 0 spiro atoms. The first-order valence-electron chi connectivity index (χ1n) is 7.15. The molecule has 0 aromatic heterocycles. The largest absolute Gasteiger partial charge is 0.497 e. The number of carbonyl (C=O) groups is 2. The predicted octanol–water partition coefficient (Wildman–Crippen LogP) is 2.52. The normalized spacial score (nSPS) is 14.4. The first kappa shape index (κ1) is 14.8. The number of nitrogens with one attached hydrogen (secondary N) is 1. The van der Waals surface area contributed by atoms with Crippen LogP contribution in [0.3, 0.4) is 0 Å². The highest BCUT2D eigenvalue weighted by atomic mass is 16.5. The van der Waals surface area contributed by atoms with E-state index in [1.807, 2.05) is 48.5 Å². The second-order valence-corrected chi connectivity index (χ2v) is 5.14. The van der Waals surface area contributed by atoms with E-state index in [9.17, 15) is 9.59 Å². The molecule has 23 heavy (non-hydrogen) atoms. The number of ether oxygens (including phenoxy) is 1. The fraction of sp³-hybridized carbons (Fsp3) is 0.111. The average molecular weight is 308 g/mol. The van der Waals surface area contributed by atoms with Gasteiger partial charge in [-0.2, -0.15) is 0 Å². The highest BCUT2D eigenvalue weighted by Crippen LogP contribution is 2.30. The Hall–Kier alpha value is -3.08. The fourth-order valence-electron chi connectivity index (χ4n) is 2.48. The molecule has 0 atom stereocenters. The number of rotatable bonds is 4. The van der Waals surface area contributed by atoms with Crippen molar-refractivity contribution < 1.29 is 14.3 Å². The topological polar surface area (TPSA) is 58.6 Å². The number of hydrogen-bond donors (Lipinski definition) is 1. The molecule has 1 N–H and O–H groups in total. The van der Waals surface area contributed by atoms with E-state index in [0.717, 1.165) is 4.90 Å². The maximum atomic E-state index is 12.4. The Morgan fingerprint density at radius 1 is 0.957 bits per heavy atom. The van der Waals surface area contributed by atoms with Gasteiger partial charge in [0.1, 0.15) is 11.4 Å². The van der Waals surface area contributed by atoms with Crippen LogP contribution in [0.1, 0.15) is 5.56 Å². The first-order chi connectivity index (χ1) is 11.1. The van der Waals surface area contributed by atoms with Crippen molar-refractivity contribution in [1.29, 1.82) is 0 Å². The fourth-order valence-corrected chi connectivity index (χ4v) is 2.48. The van der Waals surface area contributed by atoms with Crippen molar-refractivity contribution in [1.82, 2.24) is 4.90 Å². The lowest BCUT2D eigenvalue weighted by molar-refractivity contribution is -0.135. The summed E-state index contributed by atoms with van der Waals surface area (Å²) in [4.78, 5) is 26.0. The van der Waals surface area contributed by atoms with Crippen molar-refractivity contribution in [3.05, 3.63) is 65.9 Å². The van der Waals surface area contributed by atoms with Gasteiger partial charge in [0, 0.05) is 18.8 Å². The average Bonchev–Trinajstić information content (AvgIpc) is 2.80. The number of methoxy groups -OCH3 is 1. The summed E-state index contributed by atoms with van der Waals surface area (Å²) >= 11 is 0. The Kier molecular flexibility index (Phi) is 3.85. The van der Waals surface area contributed by atoms with E-state index >= 15 is 0 Å². The highest BCUT2D eigenvalue weighted by molar-refractivity contribution is 6.36. The molecule has 5 heteroatoms. The quantitative estimate of drug-likeness (QED) is 0.882. The standard InChI is InChI=1S/C18H16N2O3/c1-20-17(21)15(12-7-4-3-5-8-12)16(18(20)22)19-13-9-6-10-14(11-13)23-2/h3-11,19H,1-2H3. The van der Waals surface area contributed by atoms with E-state index in [0.29, 0.717) is 22.6 Å². The van der Waals surface area contributed by atoms with Gasteiger partial charge in [-0.25, -0.2) is 0 Å². The molecule has 0 aliphatic carbocycles. The van der Waals surface area contributed by atoms with Crippen LogP contribution < -0.4 is 10.1 Å². The van der Waals surface area contributed by atoms with Gasteiger partial charge >= 0.3 is 0 Å². The number of anilines is 1. The molecular weight excluding hydrogens is 292 g/mol. The van der Waals surface area contributed by atoms with Crippen LogP contribution in [0.25, 0.3) is 5.57 Å². The Morgan fingerprint density at radius 2 is 1.70 bits per heavy atom. The summed E-state index contributed by atoms with van der Waals surface area (Å²) in [6.07, 6.45) is 0. The molecule has 2 aromatic rings. The van der Waals surface area contributed by atoms with Gasteiger partial charge in [-0.15, -0.1) is 0 Å². The lowest BCUT2D eigenvalue weighted by Gasteiger charge is -2.10. The third kappa shape index (κ3) is 2.68. The molecule has 1 aliphatic rings. The van der Waals surface area contributed by atoms with Crippen molar-refractivity contribution in [2.45, 2.75) is 0 Å². The Labute approximate surface area is 134 Å². The van der Waals surface area contributed by atoms with Crippen LogP contribution in [-0.2, 0) is 9.59 Å². The summed E-state index contributed by atoms with van der Waals surface area (Å²) in [5, 5.41) is 3.06. The Balaban J connectivity index is 2.06. The molecule has 1 heterocycles. The van der Waals surface area contributed by atoms with Crippen molar-refractivity contribution in [3.63, 3.8) is 0 Å². The Morgan fingerprint density at radius 3 is 2.39 bits per heavy atom. The highest BCUT2D eigenvalue weighted by Gasteiger charge is 2.36. The van der Waals surface area contributed by atoms with Crippen LogP contribution in [-0.4, -0.2) is 30.9 Å². The lowest BCUT2D eigenvalue weighted by Crippen LogP contribution is -2.27. The molecule has 0 saturated carbocycles. The van der Waals surface area contributed by atoms with Gasteiger partial charge in [-0.3, -0.25) is 14.5 Å². The van der Waals surface area contributed by atoms with Crippen LogP contribution in [0.5, 0.6) is 5.75 Å². The minimum Gasteiger partial charge on any atom is -0.497 e. The Bertz CT molecular complexity index is 797. The van der Waals surface area contributed by atoms with E-state index in [2.05, 4.69) is 5.32 Å². The number of likely N-dealkylation sites (N-methyl/N-ethyl adjacent to an activating group) is 1. The van der Waals surface area contributed by atoms with Gasteiger partial charge in [-0.05, 0) is 17.7 Å². The zero-order chi connectivity index (χ0) is 16.4. The number of imide groups is 1. The van der Waals surface area contributed by atoms with E-state index in [1.54, 1.807) is 13.2 Å². The zero-order valence-electron chi connectivity index (χ0n) is 12.9. The zero-order valence-corrected chi connectivity index (χ0v) is 12.9. The molecular formula is C18H16N2O3. The van der Waals surface area contributed by atoms with Gasteiger partial charge in [0.15, 0.2) is 0 Å². The molecule has 0 radical (unpaired) electrons. The third-order valence-corrected chi connectivity index (χ3v) is 3.69. The summed E-state index contributed by atoms with van der Waals surface area (Å²) in [7, 11) is 3.06. The van der Waals surface area contributed by atoms with E-state index < -0.39 is 0 Å². The number of hydrogen-bond acceptors (Lipinski definition) is 4. The SMILES string of the molecule is COc1cccc(NC2=C(c3ccccc3)C(=O)N(C)C2=O)c1. The maximum absolute atomic E-state index is 12.4. The van der Waals surface area contributed by atoms with Crippen LogP contribution >= 0.6 is 0 Å². The lowest BCUT2D eigenvalue weighted by atomic mass is 10.0. The number of amides is 2. The van der Waals surface area contributed by atoms with E-state index in [4.69, 9.17) is 4.74 Å². The van der Waals surface area contributed by atoms with Gasteiger partial charge < -0.3 is 10.1 Å². The van der Waals surface area contributed by atoms with Gasteiger partial charge in [0.25, 0.3) is 11.8 Å². The van der Waals surface area contributed by atoms with E-state index in [-0.39, 0.29) is 17.5 Å². The third-order valence-electron chi connectivity index (χ3n) is 3.69. The molecule has 116 valence electrons. The van der Waals surface area contributed by atoms with Gasteiger partial charge in [0.05, 0.1) is 12.7 Å². The number of nitrogens with zero attached hydrogens (tertiary/aromatic N) is 1. The van der Waals surface area contributed by atoms with Crippen molar-refractivity contribution in [2.75, 3.05) is 19.5 Å². The molecule has 3 rings (SSSR count). The van der Waals surface area contributed by atoms with Crippen LogP contribution in [0.2, 0.25) is 0 Å². The monoisotopic (exact) mass is 308 g/mol. The molecule has 5 nitrogen and oxygen atoms in total. The molecule has 2 amide bonds. The van der Waals surface area contributed by atoms with Crippen LogP contribution in [0, 0.1) is 0 Å². The molecule has 0 fully saturated rings. The van der Waals surface area contributed by atoms with Gasteiger partial charge in [-0.1, -0.05) is 36.4 Å². The molecule has 0 saturated heterocycles. The maximum Gasteiger partial charge on any atom is 0.277 e. The van der Waals surface area contributed by atoms with Crippen molar-refractivity contribution >= 4 is 23.1 Å². The summed E-state index contributed by atoms with van der Waals surface area (Å²) in [6, 6.07) is 16.4. The van der Waals surface area contributed by atoms with Crippen molar-refractivity contribution in [3.8, 4) is 5.75 Å². The minimum absolute atomic E-state index is 0.275. The number of benzene rings is 2. The summed E-state index contributed by atoms with van der Waals surface area (Å²) in [6.45, 7) is 0. The first-order valence-corrected chi connectivity index (χ1v) is 7.15. The summed E-state index contributed by atoms with van der Waals surface area (Å²) in [5.41, 5.74) is 2.04. The minimum atomic E-state index is -0.350. The van der Waals surface area contributed by atoms with Gasteiger partial charge in [0.2, 0.25) is 0 Å². The second kappa shape index (κ2) is 5.96. The molecule has 0 unspecified atom stereocenters. The molecule has 0 bridgehead atoms. The summed E-state index contributed by atoms with van der Waals surface area (Å²) in [5.74, 6) is 0.00487.